The van der Waals surface area contributed by atoms with Gasteiger partial charge >= 0.3 is 0 Å². The molecular weight excluding hydrogens is 193 g/mol. The third-order valence-corrected chi connectivity index (χ3v) is 2.98. The van der Waals surface area contributed by atoms with Crippen molar-refractivity contribution in [2.45, 2.75) is 19.3 Å². The molecule has 3 rings (SSSR count). The zero-order chi connectivity index (χ0) is 10.4. The lowest BCUT2D eigenvalue weighted by Crippen LogP contribution is -2.12. The highest BCUT2D eigenvalue weighted by molar-refractivity contribution is 5.92. The van der Waals surface area contributed by atoms with Crippen molar-refractivity contribution in [1.29, 1.82) is 0 Å². The molecule has 3 heteroatoms. The highest BCUT2D eigenvalue weighted by Crippen LogP contribution is 2.28. The lowest BCUT2D eigenvalue weighted by atomic mass is 9.95. The van der Waals surface area contributed by atoms with Crippen molar-refractivity contribution >= 4 is 16.7 Å². The summed E-state index contributed by atoms with van der Waals surface area (Å²) < 4.78 is 13.1. The molecule has 0 spiro atoms. The highest BCUT2D eigenvalue weighted by Gasteiger charge is 2.20. The molecule has 0 unspecified atom stereocenters. The van der Waals surface area contributed by atoms with Crippen molar-refractivity contribution < 1.29 is 9.18 Å². The minimum atomic E-state index is -0.248. The molecule has 0 fully saturated rings. The van der Waals surface area contributed by atoms with Crippen LogP contribution in [0.5, 0.6) is 0 Å². The minimum absolute atomic E-state index is 0.243. The molecule has 0 aliphatic heterocycles. The fourth-order valence-corrected chi connectivity index (χ4v) is 2.24. The second-order valence-electron chi connectivity index (χ2n) is 3.99. The van der Waals surface area contributed by atoms with Crippen LogP contribution >= 0.6 is 0 Å². The molecule has 76 valence electrons. The number of H-pyrrole nitrogens is 1. The van der Waals surface area contributed by atoms with Gasteiger partial charge in [-0.25, -0.2) is 4.39 Å². The zero-order valence-electron chi connectivity index (χ0n) is 8.14. The lowest BCUT2D eigenvalue weighted by molar-refractivity contribution is -0.118. The van der Waals surface area contributed by atoms with E-state index < -0.39 is 0 Å². The van der Waals surface area contributed by atoms with Gasteiger partial charge in [-0.3, -0.25) is 4.79 Å². The summed E-state index contributed by atoms with van der Waals surface area (Å²) in [5.41, 5.74) is 3.01. The Bertz CT molecular complexity index is 556. The molecular formula is C12H10FNO. The number of rotatable bonds is 0. The first-order chi connectivity index (χ1) is 7.24. The van der Waals surface area contributed by atoms with E-state index in [1.807, 2.05) is 0 Å². The van der Waals surface area contributed by atoms with Crippen molar-refractivity contribution in [2.24, 2.45) is 0 Å². The molecule has 1 aliphatic rings. The van der Waals surface area contributed by atoms with Crippen molar-refractivity contribution in [1.82, 2.24) is 4.98 Å². The Morgan fingerprint density at radius 2 is 2.13 bits per heavy atom. The summed E-state index contributed by atoms with van der Waals surface area (Å²) in [5, 5.41) is 0.859. The molecule has 1 aliphatic carbocycles. The maximum Gasteiger partial charge on any atom is 0.137 e. The van der Waals surface area contributed by atoms with Gasteiger partial charge in [0.25, 0.3) is 0 Å². The van der Waals surface area contributed by atoms with Crippen LogP contribution in [0.4, 0.5) is 4.39 Å². The van der Waals surface area contributed by atoms with Gasteiger partial charge < -0.3 is 4.98 Å². The maximum absolute atomic E-state index is 13.1. The summed E-state index contributed by atoms with van der Waals surface area (Å²) in [6.45, 7) is 0. The summed E-state index contributed by atoms with van der Waals surface area (Å²) in [6, 6.07) is 4.67. The van der Waals surface area contributed by atoms with E-state index in [0.717, 1.165) is 28.6 Å². The van der Waals surface area contributed by atoms with Crippen LogP contribution in [0, 0.1) is 5.82 Å². The molecule has 0 bridgehead atoms. The van der Waals surface area contributed by atoms with E-state index in [4.69, 9.17) is 0 Å². The van der Waals surface area contributed by atoms with Crippen molar-refractivity contribution in [3.8, 4) is 0 Å². The third-order valence-electron chi connectivity index (χ3n) is 2.98. The molecule has 1 aromatic carbocycles. The predicted molar refractivity (Wildman–Crippen MR) is 55.3 cm³/mol. The monoisotopic (exact) mass is 203 g/mol. The number of ketones is 1. The van der Waals surface area contributed by atoms with Gasteiger partial charge in [-0.2, -0.15) is 0 Å². The van der Waals surface area contributed by atoms with E-state index in [1.54, 1.807) is 6.07 Å². The number of aryl methyl sites for hydroxylation is 1. The molecule has 1 aromatic heterocycles. The Morgan fingerprint density at radius 3 is 3.00 bits per heavy atom. The Kier molecular flexibility index (Phi) is 1.69. The molecule has 0 amide bonds. The number of carbonyl (C=O) groups excluding carboxylic acids is 1. The molecule has 2 nitrogen and oxygen atoms in total. The Hall–Kier alpha value is -1.64. The van der Waals surface area contributed by atoms with Crippen molar-refractivity contribution in [3.05, 3.63) is 35.3 Å². The average molecular weight is 203 g/mol. The van der Waals surface area contributed by atoms with Crippen LogP contribution in [0.3, 0.4) is 0 Å². The number of hydrogen-bond donors (Lipinski definition) is 1. The number of hydrogen-bond acceptors (Lipinski definition) is 1. The van der Waals surface area contributed by atoms with Gasteiger partial charge in [-0.15, -0.1) is 0 Å². The van der Waals surface area contributed by atoms with E-state index in [9.17, 15) is 9.18 Å². The van der Waals surface area contributed by atoms with Crippen LogP contribution in [-0.4, -0.2) is 10.8 Å². The maximum atomic E-state index is 13.1. The fraction of sp³-hybridized carbons (Fsp3) is 0.250. The summed E-state index contributed by atoms with van der Waals surface area (Å²) in [7, 11) is 0. The van der Waals surface area contributed by atoms with Gasteiger partial charge in [-0.05, 0) is 30.2 Å². The predicted octanol–water partition coefficient (Wildman–Crippen LogP) is 2.36. The molecule has 0 radical (unpaired) electrons. The first-order valence-electron chi connectivity index (χ1n) is 5.05. The van der Waals surface area contributed by atoms with Crippen LogP contribution in [-0.2, 0) is 17.6 Å². The number of carbonyl (C=O) groups is 1. The normalized spacial score (nSPS) is 15.7. The number of Topliss-reactive ketones (excluding diaryl/α,β-unsaturated/α-hetero) is 1. The third kappa shape index (κ3) is 1.27. The fourth-order valence-electron chi connectivity index (χ4n) is 2.24. The Labute approximate surface area is 86.1 Å². The number of aromatic nitrogens is 1. The topological polar surface area (TPSA) is 32.9 Å². The Morgan fingerprint density at radius 1 is 1.27 bits per heavy atom. The standard InChI is InChI=1S/C12H10FNO/c13-7-1-3-11-9(5-7)10-6-8(15)2-4-12(10)14-11/h1,3,5,14H,2,4,6H2. The Balaban J connectivity index is 2.30. The van der Waals surface area contributed by atoms with Crippen molar-refractivity contribution in [2.75, 3.05) is 0 Å². The zero-order valence-corrected chi connectivity index (χ0v) is 8.14. The molecule has 15 heavy (non-hydrogen) atoms. The largest absolute Gasteiger partial charge is 0.358 e. The molecule has 0 atom stereocenters. The minimum Gasteiger partial charge on any atom is -0.358 e. The van der Waals surface area contributed by atoms with Gasteiger partial charge in [-0.1, -0.05) is 0 Å². The van der Waals surface area contributed by atoms with Gasteiger partial charge in [0.2, 0.25) is 0 Å². The second-order valence-corrected chi connectivity index (χ2v) is 3.99. The van der Waals surface area contributed by atoms with Gasteiger partial charge in [0.1, 0.15) is 11.6 Å². The van der Waals surface area contributed by atoms with Crippen LogP contribution in [0.15, 0.2) is 18.2 Å². The van der Waals surface area contributed by atoms with E-state index in [1.165, 1.54) is 12.1 Å². The quantitative estimate of drug-likeness (QED) is 0.700. The first-order valence-corrected chi connectivity index (χ1v) is 5.05. The van der Waals surface area contributed by atoms with E-state index >= 15 is 0 Å². The average Bonchev–Trinajstić information content (AvgIpc) is 2.56. The van der Waals surface area contributed by atoms with Crippen LogP contribution in [0.2, 0.25) is 0 Å². The van der Waals surface area contributed by atoms with E-state index in [2.05, 4.69) is 4.98 Å². The van der Waals surface area contributed by atoms with Gasteiger partial charge in [0.15, 0.2) is 0 Å². The number of aromatic amines is 1. The lowest BCUT2D eigenvalue weighted by Gasteiger charge is -2.09. The summed E-state index contributed by atoms with van der Waals surface area (Å²) in [4.78, 5) is 14.6. The number of fused-ring (bicyclic) bond motifs is 3. The molecule has 1 heterocycles. The van der Waals surface area contributed by atoms with Crippen LogP contribution in [0.25, 0.3) is 10.9 Å². The summed E-state index contributed by atoms with van der Waals surface area (Å²) >= 11 is 0. The van der Waals surface area contributed by atoms with E-state index in [-0.39, 0.29) is 11.6 Å². The van der Waals surface area contributed by atoms with Crippen molar-refractivity contribution in [3.63, 3.8) is 0 Å². The molecule has 0 saturated heterocycles. The number of nitrogens with one attached hydrogen (secondary N) is 1. The highest BCUT2D eigenvalue weighted by atomic mass is 19.1. The number of halogens is 1. The second kappa shape index (κ2) is 2.92. The molecule has 1 N–H and O–H groups in total. The molecule has 2 aromatic rings. The van der Waals surface area contributed by atoms with Crippen LogP contribution < -0.4 is 0 Å². The first kappa shape index (κ1) is 8.65. The van der Waals surface area contributed by atoms with Gasteiger partial charge in [0.05, 0.1) is 0 Å². The SMILES string of the molecule is O=C1CCc2[nH]c3ccc(F)cc3c2C1. The van der Waals surface area contributed by atoms with Crippen LogP contribution in [0.1, 0.15) is 17.7 Å². The summed E-state index contributed by atoms with van der Waals surface area (Å²) in [6.07, 6.45) is 1.80. The number of benzene rings is 1. The smallest absolute Gasteiger partial charge is 0.137 e. The van der Waals surface area contributed by atoms with E-state index in [0.29, 0.717) is 12.8 Å². The van der Waals surface area contributed by atoms with Gasteiger partial charge in [0, 0.05) is 29.4 Å². The molecule has 0 saturated carbocycles. The summed E-state index contributed by atoms with van der Waals surface area (Å²) in [5.74, 6) is -0.00464.